The smallest absolute Gasteiger partial charge is 0.462 e. The molecule has 17 nitrogen and oxygen atoms in total. The second-order valence-electron chi connectivity index (χ2n) is 25.6. The van der Waals surface area contributed by atoms with E-state index in [0.29, 0.717) is 25.7 Å². The van der Waals surface area contributed by atoms with Crippen LogP contribution in [-0.4, -0.2) is 96.7 Å². The van der Waals surface area contributed by atoms with E-state index < -0.39 is 97.5 Å². The third kappa shape index (κ3) is 66.2. The van der Waals surface area contributed by atoms with E-state index in [2.05, 4.69) is 52.0 Å². The first-order valence-corrected chi connectivity index (χ1v) is 40.6. The molecular formula is C73H138O17P2. The van der Waals surface area contributed by atoms with E-state index in [1.54, 1.807) is 0 Å². The normalized spacial score (nSPS) is 14.1. The van der Waals surface area contributed by atoms with Gasteiger partial charge in [-0.3, -0.25) is 37.3 Å². The molecule has 542 valence electrons. The number of esters is 4. The molecule has 0 aliphatic heterocycles. The third-order valence-corrected chi connectivity index (χ3v) is 18.3. The SMILES string of the molecule is CCCCCC/C=C\CCCCCCCC(=O)OCC(COP(=O)(O)OCC(O)COP(=O)(O)OCC(COC(=O)CCCCCCCCCCCCCCCCC)OC(=O)CCCCCCC/C=C\CCCCCC)OC(=O)CCCCCCCCCCCCC. The highest BCUT2D eigenvalue weighted by atomic mass is 31.2. The highest BCUT2D eigenvalue weighted by Gasteiger charge is 2.30. The van der Waals surface area contributed by atoms with Gasteiger partial charge in [0, 0.05) is 25.7 Å². The van der Waals surface area contributed by atoms with Gasteiger partial charge >= 0.3 is 39.5 Å². The summed E-state index contributed by atoms with van der Waals surface area (Å²) in [6.45, 7) is 4.89. The molecule has 0 spiro atoms. The van der Waals surface area contributed by atoms with Crippen LogP contribution < -0.4 is 0 Å². The van der Waals surface area contributed by atoms with Crippen molar-refractivity contribution < 1.29 is 80.2 Å². The molecule has 0 aromatic heterocycles. The zero-order chi connectivity index (χ0) is 67.5. The number of ether oxygens (including phenoxy) is 4. The van der Waals surface area contributed by atoms with Gasteiger partial charge in [0.05, 0.1) is 26.4 Å². The summed E-state index contributed by atoms with van der Waals surface area (Å²) in [6, 6.07) is 0. The molecule has 3 N–H and O–H groups in total. The quantitative estimate of drug-likeness (QED) is 0.0169. The molecule has 0 heterocycles. The fraction of sp³-hybridized carbons (Fsp3) is 0.890. The standard InChI is InChI=1S/C73H138O17P2/c1-5-9-13-17-21-25-29-32-33-36-39-42-46-50-54-58-71(76)84-64-69(90-73(78)60-56-52-48-44-40-35-31-27-23-19-15-11-7-3)66-88-92(81,82)86-62-67(74)61-85-91(79,80)87-65-68(89-72(77)59-55-51-47-43-37-28-24-20-16-12-8-4)63-83-70(75)57-53-49-45-41-38-34-30-26-22-18-14-10-6-2/h26-27,30-31,67-69,74H,5-25,28-29,32-66H2,1-4H3,(H,79,80)(H,81,82)/b30-26-,31-27-. The van der Waals surface area contributed by atoms with Crippen molar-refractivity contribution in [1.82, 2.24) is 0 Å². The van der Waals surface area contributed by atoms with Crippen LogP contribution in [0.5, 0.6) is 0 Å². The summed E-state index contributed by atoms with van der Waals surface area (Å²) < 4.78 is 68.3. The van der Waals surface area contributed by atoms with E-state index in [-0.39, 0.29) is 25.7 Å². The Labute approximate surface area is 561 Å². The summed E-state index contributed by atoms with van der Waals surface area (Å²) >= 11 is 0. The molecule has 5 unspecified atom stereocenters. The number of aliphatic hydroxyl groups is 1. The molecule has 92 heavy (non-hydrogen) atoms. The van der Waals surface area contributed by atoms with Crippen LogP contribution in [0.4, 0.5) is 0 Å². The Morgan fingerprint density at radius 1 is 0.293 bits per heavy atom. The number of rotatable bonds is 72. The maximum Gasteiger partial charge on any atom is 0.472 e. The first-order chi connectivity index (χ1) is 44.7. The van der Waals surface area contributed by atoms with Gasteiger partial charge in [0.25, 0.3) is 0 Å². The average Bonchev–Trinajstić information content (AvgIpc) is 2.25. The van der Waals surface area contributed by atoms with Crippen molar-refractivity contribution in [3.05, 3.63) is 24.3 Å². The zero-order valence-electron chi connectivity index (χ0n) is 59.0. The van der Waals surface area contributed by atoms with Crippen molar-refractivity contribution in [2.75, 3.05) is 39.6 Å². The van der Waals surface area contributed by atoms with Crippen LogP contribution in [0.1, 0.15) is 362 Å². The number of hydrogen-bond acceptors (Lipinski definition) is 15. The van der Waals surface area contributed by atoms with E-state index in [9.17, 15) is 43.2 Å². The van der Waals surface area contributed by atoms with E-state index in [0.717, 1.165) is 122 Å². The monoisotopic (exact) mass is 1350 g/mol. The van der Waals surface area contributed by atoms with Crippen molar-refractivity contribution in [3.8, 4) is 0 Å². The lowest BCUT2D eigenvalue weighted by atomic mass is 10.0. The molecule has 0 bridgehead atoms. The van der Waals surface area contributed by atoms with Gasteiger partial charge in [-0.25, -0.2) is 9.13 Å². The van der Waals surface area contributed by atoms with Gasteiger partial charge < -0.3 is 33.8 Å². The molecule has 19 heteroatoms. The second kappa shape index (κ2) is 67.1. The molecule has 0 fully saturated rings. The maximum absolute atomic E-state index is 13.0. The Balaban J connectivity index is 5.27. The van der Waals surface area contributed by atoms with Gasteiger partial charge in [-0.15, -0.1) is 0 Å². The largest absolute Gasteiger partial charge is 0.472 e. The number of phosphoric ester groups is 2. The van der Waals surface area contributed by atoms with Crippen LogP contribution in [0.3, 0.4) is 0 Å². The summed E-state index contributed by atoms with van der Waals surface area (Å²) in [5, 5.41) is 10.6. The van der Waals surface area contributed by atoms with E-state index in [4.69, 9.17) is 37.0 Å². The van der Waals surface area contributed by atoms with Crippen LogP contribution in [0.25, 0.3) is 0 Å². The van der Waals surface area contributed by atoms with Crippen LogP contribution in [0.2, 0.25) is 0 Å². The Bertz CT molecular complexity index is 1850. The van der Waals surface area contributed by atoms with Gasteiger partial charge in [-0.1, -0.05) is 283 Å². The minimum atomic E-state index is -4.96. The van der Waals surface area contributed by atoms with Crippen LogP contribution in [-0.2, 0) is 65.4 Å². The van der Waals surface area contributed by atoms with Gasteiger partial charge in [0.2, 0.25) is 0 Å². The topological polar surface area (TPSA) is 237 Å². The molecule has 0 aromatic carbocycles. The molecule has 0 aliphatic carbocycles. The number of unbranched alkanes of at least 4 members (excludes halogenated alkanes) is 42. The fourth-order valence-corrected chi connectivity index (χ4v) is 12.2. The highest BCUT2D eigenvalue weighted by Crippen LogP contribution is 2.45. The number of aliphatic hydroxyl groups excluding tert-OH is 1. The Morgan fingerprint density at radius 3 is 0.761 bits per heavy atom. The van der Waals surface area contributed by atoms with Crippen LogP contribution >= 0.6 is 15.6 Å². The molecule has 0 aromatic rings. The zero-order valence-corrected chi connectivity index (χ0v) is 60.8. The molecular weight excluding hydrogens is 1210 g/mol. The van der Waals surface area contributed by atoms with Crippen molar-refractivity contribution in [2.24, 2.45) is 0 Å². The minimum Gasteiger partial charge on any atom is -0.462 e. The van der Waals surface area contributed by atoms with Crippen molar-refractivity contribution in [3.63, 3.8) is 0 Å². The number of carbonyl (C=O) groups is 4. The Kier molecular flexibility index (Phi) is 65.3. The maximum atomic E-state index is 13.0. The lowest BCUT2D eigenvalue weighted by molar-refractivity contribution is -0.161. The average molecular weight is 1350 g/mol. The summed E-state index contributed by atoms with van der Waals surface area (Å²) in [6.07, 6.45) is 58.9. The van der Waals surface area contributed by atoms with Gasteiger partial charge in [-0.2, -0.15) is 0 Å². The van der Waals surface area contributed by atoms with Crippen LogP contribution in [0, 0.1) is 0 Å². The molecule has 0 saturated heterocycles. The van der Waals surface area contributed by atoms with Gasteiger partial charge in [0.15, 0.2) is 12.2 Å². The van der Waals surface area contributed by atoms with Crippen molar-refractivity contribution in [2.45, 2.75) is 380 Å². The lowest BCUT2D eigenvalue weighted by Gasteiger charge is -2.21. The van der Waals surface area contributed by atoms with E-state index in [1.807, 2.05) is 0 Å². The van der Waals surface area contributed by atoms with Gasteiger partial charge in [0.1, 0.15) is 19.3 Å². The van der Waals surface area contributed by atoms with E-state index >= 15 is 0 Å². The Hall–Kier alpha value is -2.46. The summed E-state index contributed by atoms with van der Waals surface area (Å²) in [7, 11) is -9.92. The number of hydrogen-bond donors (Lipinski definition) is 3. The molecule has 5 atom stereocenters. The summed E-state index contributed by atoms with van der Waals surface area (Å²) in [5.41, 5.74) is 0. The predicted molar refractivity (Wildman–Crippen MR) is 372 cm³/mol. The highest BCUT2D eigenvalue weighted by molar-refractivity contribution is 7.47. The predicted octanol–water partition coefficient (Wildman–Crippen LogP) is 21.0. The lowest BCUT2D eigenvalue weighted by Crippen LogP contribution is -2.30. The van der Waals surface area contributed by atoms with Crippen molar-refractivity contribution in [1.29, 1.82) is 0 Å². The Morgan fingerprint density at radius 2 is 0.500 bits per heavy atom. The number of allylic oxidation sites excluding steroid dienone is 4. The second-order valence-corrected chi connectivity index (χ2v) is 28.5. The first kappa shape index (κ1) is 89.5. The fourth-order valence-electron chi connectivity index (χ4n) is 10.6. The third-order valence-electron chi connectivity index (χ3n) is 16.4. The minimum absolute atomic E-state index is 0.0934. The van der Waals surface area contributed by atoms with E-state index in [1.165, 1.54) is 161 Å². The molecule has 0 aliphatic rings. The first-order valence-electron chi connectivity index (χ1n) is 37.6. The number of phosphoric acid groups is 2. The van der Waals surface area contributed by atoms with Crippen molar-refractivity contribution >= 4 is 39.5 Å². The number of carbonyl (C=O) groups excluding carboxylic acids is 4. The molecule has 0 saturated carbocycles. The summed E-state index contributed by atoms with van der Waals surface area (Å²) in [5.74, 6) is -2.15. The molecule has 0 rings (SSSR count). The summed E-state index contributed by atoms with van der Waals surface area (Å²) in [4.78, 5) is 72.6. The van der Waals surface area contributed by atoms with Crippen LogP contribution in [0.15, 0.2) is 24.3 Å². The van der Waals surface area contributed by atoms with Gasteiger partial charge in [-0.05, 0) is 77.0 Å². The molecule has 0 radical (unpaired) electrons. The molecule has 0 amide bonds.